The van der Waals surface area contributed by atoms with Gasteiger partial charge in [-0.05, 0) is 56.6 Å². The molecule has 4 unspecified atom stereocenters. The molecule has 1 aromatic carbocycles. The number of hydrogen-bond acceptors (Lipinski definition) is 3. The van der Waals surface area contributed by atoms with Crippen LogP contribution >= 0.6 is 0 Å². The Labute approximate surface area is 155 Å². The molecule has 0 spiro atoms. The van der Waals surface area contributed by atoms with E-state index < -0.39 is 0 Å². The van der Waals surface area contributed by atoms with E-state index in [9.17, 15) is 9.59 Å². The Kier molecular flexibility index (Phi) is 4.74. The molecule has 26 heavy (non-hydrogen) atoms. The SMILES string of the molecule is Cc1ccc(C(=O)N2CCCC(C(=O)N3CC4CCC(N)C4C3)C2)cc1. The highest BCUT2D eigenvalue weighted by Gasteiger charge is 2.44. The summed E-state index contributed by atoms with van der Waals surface area (Å²) >= 11 is 0. The van der Waals surface area contributed by atoms with E-state index in [2.05, 4.69) is 0 Å². The van der Waals surface area contributed by atoms with E-state index in [0.717, 1.165) is 50.9 Å². The van der Waals surface area contributed by atoms with Crippen LogP contribution < -0.4 is 5.73 Å². The molecule has 2 amide bonds. The van der Waals surface area contributed by atoms with Gasteiger partial charge in [0.05, 0.1) is 5.92 Å². The molecule has 3 aliphatic rings. The largest absolute Gasteiger partial charge is 0.342 e. The Hall–Kier alpha value is -1.88. The Bertz CT molecular complexity index is 687. The Morgan fingerprint density at radius 1 is 1.00 bits per heavy atom. The van der Waals surface area contributed by atoms with Gasteiger partial charge >= 0.3 is 0 Å². The number of hydrogen-bond donors (Lipinski definition) is 1. The number of nitrogens with two attached hydrogens (primary N) is 1. The summed E-state index contributed by atoms with van der Waals surface area (Å²) in [5.41, 5.74) is 8.06. The van der Waals surface area contributed by atoms with Gasteiger partial charge in [0.25, 0.3) is 5.91 Å². The molecular weight excluding hydrogens is 326 g/mol. The van der Waals surface area contributed by atoms with Crippen LogP contribution in [-0.2, 0) is 4.79 Å². The quantitative estimate of drug-likeness (QED) is 0.883. The standard InChI is InChI=1S/C21H29N3O2/c1-14-4-6-15(7-5-14)20(25)23-10-2-3-17(12-23)21(26)24-11-16-8-9-19(22)18(16)13-24/h4-7,16-19H,2-3,8-13,22H2,1H3. The van der Waals surface area contributed by atoms with Gasteiger partial charge in [0.2, 0.25) is 5.91 Å². The van der Waals surface area contributed by atoms with Gasteiger partial charge in [0, 0.05) is 37.8 Å². The summed E-state index contributed by atoms with van der Waals surface area (Å²) in [6.07, 6.45) is 4.03. The van der Waals surface area contributed by atoms with Crippen LogP contribution in [0.15, 0.2) is 24.3 Å². The summed E-state index contributed by atoms with van der Waals surface area (Å²) in [6.45, 7) is 4.98. The molecule has 0 bridgehead atoms. The van der Waals surface area contributed by atoms with Crippen molar-refractivity contribution >= 4 is 11.8 Å². The van der Waals surface area contributed by atoms with E-state index >= 15 is 0 Å². The summed E-state index contributed by atoms with van der Waals surface area (Å²) in [7, 11) is 0. The predicted molar refractivity (Wildman–Crippen MR) is 101 cm³/mol. The van der Waals surface area contributed by atoms with Crippen molar-refractivity contribution in [2.75, 3.05) is 26.2 Å². The lowest BCUT2D eigenvalue weighted by atomic mass is 9.95. The maximum Gasteiger partial charge on any atom is 0.253 e. The summed E-state index contributed by atoms with van der Waals surface area (Å²) in [5.74, 6) is 1.28. The van der Waals surface area contributed by atoms with Crippen molar-refractivity contribution in [2.45, 2.75) is 38.6 Å². The molecule has 5 nitrogen and oxygen atoms in total. The molecule has 2 heterocycles. The van der Waals surface area contributed by atoms with Gasteiger partial charge in [-0.25, -0.2) is 0 Å². The number of likely N-dealkylation sites (tertiary alicyclic amines) is 2. The number of carbonyl (C=O) groups excluding carboxylic acids is 2. The minimum Gasteiger partial charge on any atom is -0.342 e. The lowest BCUT2D eigenvalue weighted by molar-refractivity contribution is -0.136. The van der Waals surface area contributed by atoms with Crippen LogP contribution in [0.25, 0.3) is 0 Å². The van der Waals surface area contributed by atoms with E-state index in [4.69, 9.17) is 5.73 Å². The van der Waals surface area contributed by atoms with Crippen LogP contribution in [0, 0.1) is 24.7 Å². The number of nitrogens with zero attached hydrogens (tertiary/aromatic N) is 2. The van der Waals surface area contributed by atoms with E-state index in [1.165, 1.54) is 0 Å². The summed E-state index contributed by atoms with van der Waals surface area (Å²) in [4.78, 5) is 29.7. The first-order chi connectivity index (χ1) is 12.5. The fourth-order valence-corrected chi connectivity index (χ4v) is 4.99. The molecule has 4 atom stereocenters. The third-order valence-corrected chi connectivity index (χ3v) is 6.58. The van der Waals surface area contributed by atoms with Crippen LogP contribution in [0.2, 0.25) is 0 Å². The second-order valence-electron chi connectivity index (χ2n) is 8.36. The van der Waals surface area contributed by atoms with Gasteiger partial charge in [-0.3, -0.25) is 9.59 Å². The van der Waals surface area contributed by atoms with Crippen molar-refractivity contribution in [3.8, 4) is 0 Å². The van der Waals surface area contributed by atoms with Crippen molar-refractivity contribution in [1.82, 2.24) is 9.80 Å². The van der Waals surface area contributed by atoms with Gasteiger partial charge in [-0.2, -0.15) is 0 Å². The van der Waals surface area contributed by atoms with Gasteiger partial charge in [0.15, 0.2) is 0 Å². The first-order valence-corrected chi connectivity index (χ1v) is 9.93. The highest BCUT2D eigenvalue weighted by atomic mass is 16.2. The molecule has 140 valence electrons. The molecule has 0 aromatic heterocycles. The average Bonchev–Trinajstić information content (AvgIpc) is 3.23. The average molecular weight is 355 g/mol. The Balaban J connectivity index is 1.39. The number of fused-ring (bicyclic) bond motifs is 1. The van der Waals surface area contributed by atoms with Crippen LogP contribution in [0.1, 0.15) is 41.6 Å². The summed E-state index contributed by atoms with van der Waals surface area (Å²) in [5, 5.41) is 0. The number of benzene rings is 1. The topological polar surface area (TPSA) is 66.6 Å². The van der Waals surface area contributed by atoms with Crippen LogP contribution in [0.3, 0.4) is 0 Å². The van der Waals surface area contributed by atoms with Gasteiger partial charge in [0.1, 0.15) is 0 Å². The Morgan fingerprint density at radius 2 is 1.77 bits per heavy atom. The van der Waals surface area contributed by atoms with Crippen molar-refractivity contribution in [1.29, 1.82) is 0 Å². The molecule has 2 N–H and O–H groups in total. The minimum absolute atomic E-state index is 0.0443. The molecule has 4 rings (SSSR count). The maximum absolute atomic E-state index is 13.0. The number of amides is 2. The monoisotopic (exact) mass is 355 g/mol. The van der Waals surface area contributed by atoms with Crippen LogP contribution in [0.5, 0.6) is 0 Å². The number of rotatable bonds is 2. The number of piperidine rings is 1. The third-order valence-electron chi connectivity index (χ3n) is 6.58. The molecule has 3 fully saturated rings. The molecule has 1 aliphatic carbocycles. The molecule has 2 aliphatic heterocycles. The van der Waals surface area contributed by atoms with Crippen LogP contribution in [0.4, 0.5) is 0 Å². The normalized spacial score (nSPS) is 31.2. The molecule has 5 heteroatoms. The minimum atomic E-state index is -0.0619. The molecular formula is C21H29N3O2. The zero-order valence-electron chi connectivity index (χ0n) is 15.6. The van der Waals surface area contributed by atoms with Crippen molar-refractivity contribution < 1.29 is 9.59 Å². The zero-order valence-corrected chi connectivity index (χ0v) is 15.6. The molecule has 1 saturated carbocycles. The second kappa shape index (κ2) is 7.03. The number of aryl methyl sites for hydroxylation is 1. The van der Waals surface area contributed by atoms with Gasteiger partial charge in [-0.1, -0.05) is 17.7 Å². The van der Waals surface area contributed by atoms with E-state index in [-0.39, 0.29) is 23.8 Å². The third kappa shape index (κ3) is 3.25. The summed E-state index contributed by atoms with van der Waals surface area (Å²) in [6, 6.07) is 7.94. The Morgan fingerprint density at radius 3 is 2.50 bits per heavy atom. The number of carbonyl (C=O) groups is 2. The van der Waals surface area contributed by atoms with Crippen LogP contribution in [-0.4, -0.2) is 53.8 Å². The fraction of sp³-hybridized carbons (Fsp3) is 0.619. The van der Waals surface area contributed by atoms with Gasteiger partial charge < -0.3 is 15.5 Å². The van der Waals surface area contributed by atoms with Crippen molar-refractivity contribution in [3.05, 3.63) is 35.4 Å². The zero-order chi connectivity index (χ0) is 18.3. The van der Waals surface area contributed by atoms with Crippen molar-refractivity contribution in [3.63, 3.8) is 0 Å². The van der Waals surface area contributed by atoms with Gasteiger partial charge in [-0.15, -0.1) is 0 Å². The molecule has 2 saturated heterocycles. The highest BCUT2D eigenvalue weighted by Crippen LogP contribution is 2.38. The lowest BCUT2D eigenvalue weighted by Crippen LogP contribution is -2.46. The van der Waals surface area contributed by atoms with E-state index in [1.54, 1.807) is 0 Å². The van der Waals surface area contributed by atoms with Crippen molar-refractivity contribution in [2.24, 2.45) is 23.5 Å². The fourth-order valence-electron chi connectivity index (χ4n) is 4.99. The smallest absolute Gasteiger partial charge is 0.253 e. The first-order valence-electron chi connectivity index (χ1n) is 9.93. The molecule has 0 radical (unpaired) electrons. The highest BCUT2D eigenvalue weighted by molar-refractivity contribution is 5.94. The lowest BCUT2D eigenvalue weighted by Gasteiger charge is -2.34. The predicted octanol–water partition coefficient (Wildman–Crippen LogP) is 2.04. The second-order valence-corrected chi connectivity index (χ2v) is 8.36. The maximum atomic E-state index is 13.0. The first kappa shape index (κ1) is 17.5. The van der Waals surface area contributed by atoms with E-state index in [0.29, 0.717) is 23.9 Å². The molecule has 1 aromatic rings. The summed E-state index contributed by atoms with van der Waals surface area (Å²) < 4.78 is 0. The van der Waals surface area contributed by atoms with E-state index in [1.807, 2.05) is 41.0 Å².